The standard InChI is InChI=1S/C18H28N4O/c1-14(2)19-17-7-5-4-6-16(17)18(23)22-11-10-21-9-8-20(3)12-15(21)13-22/h4-7,14-15,19H,8-13H2,1-3H3/t15-/m0/s1. The summed E-state index contributed by atoms with van der Waals surface area (Å²) in [6, 6.07) is 8.65. The minimum atomic E-state index is 0.154. The maximum atomic E-state index is 13.0. The Morgan fingerprint density at radius 1 is 1.13 bits per heavy atom. The summed E-state index contributed by atoms with van der Waals surface area (Å²) in [6.45, 7) is 10.1. The van der Waals surface area contributed by atoms with Crippen molar-refractivity contribution in [3.63, 3.8) is 0 Å². The molecule has 2 heterocycles. The average molecular weight is 316 g/mol. The number of para-hydroxylation sites is 1. The number of likely N-dealkylation sites (N-methyl/N-ethyl adjacent to an activating group) is 1. The van der Waals surface area contributed by atoms with E-state index in [9.17, 15) is 4.79 Å². The molecule has 0 saturated carbocycles. The van der Waals surface area contributed by atoms with Gasteiger partial charge in [0, 0.05) is 57.0 Å². The van der Waals surface area contributed by atoms with Gasteiger partial charge in [-0.15, -0.1) is 0 Å². The molecule has 1 N–H and O–H groups in total. The fourth-order valence-corrected chi connectivity index (χ4v) is 3.57. The maximum absolute atomic E-state index is 13.0. The minimum absolute atomic E-state index is 0.154. The van der Waals surface area contributed by atoms with Crippen molar-refractivity contribution in [1.82, 2.24) is 14.7 Å². The summed E-state index contributed by atoms with van der Waals surface area (Å²) in [5.74, 6) is 0.154. The van der Waals surface area contributed by atoms with Crippen molar-refractivity contribution in [2.75, 3.05) is 51.6 Å². The van der Waals surface area contributed by atoms with Crippen molar-refractivity contribution >= 4 is 11.6 Å². The third-order valence-corrected chi connectivity index (χ3v) is 4.78. The summed E-state index contributed by atoms with van der Waals surface area (Å²) in [6.07, 6.45) is 0. The summed E-state index contributed by atoms with van der Waals surface area (Å²) in [5, 5.41) is 3.39. The van der Waals surface area contributed by atoms with Crippen LogP contribution in [0.3, 0.4) is 0 Å². The second-order valence-corrected chi connectivity index (χ2v) is 7.05. The first kappa shape index (κ1) is 16.3. The van der Waals surface area contributed by atoms with Gasteiger partial charge in [0.1, 0.15) is 0 Å². The Kier molecular flexibility index (Phi) is 4.87. The van der Waals surface area contributed by atoms with Crippen molar-refractivity contribution in [3.05, 3.63) is 29.8 Å². The molecule has 0 aromatic heterocycles. The van der Waals surface area contributed by atoms with E-state index >= 15 is 0 Å². The van der Waals surface area contributed by atoms with Crippen LogP contribution < -0.4 is 5.32 Å². The van der Waals surface area contributed by atoms with Gasteiger partial charge in [-0.25, -0.2) is 0 Å². The Morgan fingerprint density at radius 2 is 1.87 bits per heavy atom. The highest BCUT2D eigenvalue weighted by atomic mass is 16.2. The Labute approximate surface area is 139 Å². The molecule has 1 aromatic carbocycles. The molecule has 3 rings (SSSR count). The number of nitrogens with one attached hydrogen (secondary N) is 1. The lowest BCUT2D eigenvalue weighted by atomic mass is 10.1. The van der Waals surface area contributed by atoms with Gasteiger partial charge in [0.25, 0.3) is 5.91 Å². The fraction of sp³-hybridized carbons (Fsp3) is 0.611. The van der Waals surface area contributed by atoms with Gasteiger partial charge in [0.2, 0.25) is 0 Å². The molecule has 0 radical (unpaired) electrons. The summed E-state index contributed by atoms with van der Waals surface area (Å²) in [7, 11) is 2.17. The molecule has 1 amide bonds. The summed E-state index contributed by atoms with van der Waals surface area (Å²) < 4.78 is 0. The lowest BCUT2D eigenvalue weighted by Gasteiger charge is -2.46. The van der Waals surface area contributed by atoms with Crippen molar-refractivity contribution in [3.8, 4) is 0 Å². The van der Waals surface area contributed by atoms with Crippen molar-refractivity contribution in [2.24, 2.45) is 0 Å². The molecule has 5 heteroatoms. The van der Waals surface area contributed by atoms with Gasteiger partial charge in [-0.3, -0.25) is 9.69 Å². The van der Waals surface area contributed by atoms with Crippen LogP contribution in [-0.4, -0.2) is 79.0 Å². The largest absolute Gasteiger partial charge is 0.382 e. The smallest absolute Gasteiger partial charge is 0.256 e. The molecule has 0 aliphatic carbocycles. The Balaban J connectivity index is 1.73. The van der Waals surface area contributed by atoms with Gasteiger partial charge in [-0.1, -0.05) is 12.1 Å². The first-order valence-corrected chi connectivity index (χ1v) is 8.62. The minimum Gasteiger partial charge on any atom is -0.382 e. The van der Waals surface area contributed by atoms with Crippen molar-refractivity contribution < 1.29 is 4.79 Å². The van der Waals surface area contributed by atoms with Crippen LogP contribution in [0.4, 0.5) is 5.69 Å². The Bertz CT molecular complexity index is 560. The molecular weight excluding hydrogens is 288 g/mol. The number of rotatable bonds is 3. The van der Waals surface area contributed by atoms with Gasteiger partial charge in [-0.05, 0) is 33.0 Å². The molecule has 1 aromatic rings. The monoisotopic (exact) mass is 316 g/mol. The van der Waals surface area contributed by atoms with E-state index in [1.165, 1.54) is 0 Å². The molecule has 2 saturated heterocycles. The molecule has 0 spiro atoms. The molecule has 2 aliphatic heterocycles. The number of hydrogen-bond donors (Lipinski definition) is 1. The summed E-state index contributed by atoms with van der Waals surface area (Å²) >= 11 is 0. The predicted octanol–water partition coefficient (Wildman–Crippen LogP) is 1.58. The molecule has 23 heavy (non-hydrogen) atoms. The summed E-state index contributed by atoms with van der Waals surface area (Å²) in [4.78, 5) is 19.9. The van der Waals surface area contributed by atoms with Crippen molar-refractivity contribution in [2.45, 2.75) is 25.9 Å². The molecule has 1 atom stereocenters. The number of fused-ring (bicyclic) bond motifs is 1. The number of amides is 1. The van der Waals surface area contributed by atoms with Crippen molar-refractivity contribution in [1.29, 1.82) is 0 Å². The zero-order valence-electron chi connectivity index (χ0n) is 14.5. The predicted molar refractivity (Wildman–Crippen MR) is 94.0 cm³/mol. The van der Waals surface area contributed by atoms with E-state index in [1.807, 2.05) is 29.2 Å². The lowest BCUT2D eigenvalue weighted by molar-refractivity contribution is 0.0190. The van der Waals surface area contributed by atoms with Crippen LogP contribution in [-0.2, 0) is 0 Å². The zero-order chi connectivity index (χ0) is 16.4. The number of anilines is 1. The van der Waals surface area contributed by atoms with Crippen LogP contribution in [0, 0.1) is 0 Å². The molecule has 0 unspecified atom stereocenters. The highest BCUT2D eigenvalue weighted by Gasteiger charge is 2.33. The van der Waals surface area contributed by atoms with E-state index in [1.54, 1.807) is 0 Å². The SMILES string of the molecule is CC(C)Nc1ccccc1C(=O)N1CCN2CCN(C)C[C@H]2C1. The second kappa shape index (κ2) is 6.89. The molecule has 2 aliphatic rings. The van der Waals surface area contributed by atoms with E-state index in [4.69, 9.17) is 0 Å². The van der Waals surface area contributed by atoms with Gasteiger partial charge in [-0.2, -0.15) is 0 Å². The third kappa shape index (κ3) is 3.67. The average Bonchev–Trinajstić information content (AvgIpc) is 2.53. The molecule has 126 valence electrons. The first-order chi connectivity index (χ1) is 11.0. The Hall–Kier alpha value is -1.59. The lowest BCUT2D eigenvalue weighted by Crippen LogP contribution is -2.62. The highest BCUT2D eigenvalue weighted by Crippen LogP contribution is 2.21. The number of benzene rings is 1. The first-order valence-electron chi connectivity index (χ1n) is 8.62. The van der Waals surface area contributed by atoms with Crippen LogP contribution in [0.2, 0.25) is 0 Å². The second-order valence-electron chi connectivity index (χ2n) is 7.05. The molecule has 5 nitrogen and oxygen atoms in total. The number of carbonyl (C=O) groups is 1. The van der Waals surface area contributed by atoms with E-state index in [0.29, 0.717) is 12.1 Å². The summed E-state index contributed by atoms with van der Waals surface area (Å²) in [5.41, 5.74) is 1.73. The zero-order valence-corrected chi connectivity index (χ0v) is 14.5. The van der Waals surface area contributed by atoms with E-state index < -0.39 is 0 Å². The van der Waals surface area contributed by atoms with Crippen LogP contribution in [0.5, 0.6) is 0 Å². The third-order valence-electron chi connectivity index (χ3n) is 4.78. The quantitative estimate of drug-likeness (QED) is 0.919. The van der Waals surface area contributed by atoms with Crippen LogP contribution >= 0.6 is 0 Å². The van der Waals surface area contributed by atoms with Gasteiger partial charge in [0.15, 0.2) is 0 Å². The maximum Gasteiger partial charge on any atom is 0.256 e. The van der Waals surface area contributed by atoms with Crippen LogP contribution in [0.25, 0.3) is 0 Å². The Morgan fingerprint density at radius 3 is 2.65 bits per heavy atom. The number of nitrogens with zero attached hydrogens (tertiary/aromatic N) is 3. The van der Waals surface area contributed by atoms with Gasteiger partial charge < -0.3 is 15.1 Å². The van der Waals surface area contributed by atoms with E-state index in [0.717, 1.165) is 50.5 Å². The topological polar surface area (TPSA) is 38.8 Å². The van der Waals surface area contributed by atoms with Crippen LogP contribution in [0.1, 0.15) is 24.2 Å². The molecule has 2 fully saturated rings. The number of carbonyl (C=O) groups excluding carboxylic acids is 1. The fourth-order valence-electron chi connectivity index (χ4n) is 3.57. The van der Waals surface area contributed by atoms with Crippen LogP contribution in [0.15, 0.2) is 24.3 Å². The number of hydrogen-bond acceptors (Lipinski definition) is 4. The number of piperazine rings is 2. The van der Waals surface area contributed by atoms with E-state index in [-0.39, 0.29) is 5.91 Å². The molecular formula is C18H28N4O. The molecule has 0 bridgehead atoms. The normalized spacial score (nSPS) is 23.0. The highest BCUT2D eigenvalue weighted by molar-refractivity contribution is 5.99. The van der Waals surface area contributed by atoms with Gasteiger partial charge in [0.05, 0.1) is 5.56 Å². The van der Waals surface area contributed by atoms with E-state index in [2.05, 4.69) is 36.0 Å². The van der Waals surface area contributed by atoms with Gasteiger partial charge >= 0.3 is 0 Å².